The molecule has 0 unspecified atom stereocenters. The van der Waals surface area contributed by atoms with Gasteiger partial charge >= 0.3 is 6.18 Å². The van der Waals surface area contributed by atoms with Gasteiger partial charge in [0.05, 0.1) is 33.5 Å². The first kappa shape index (κ1) is 36.5. The molecule has 1 aliphatic rings. The summed E-state index contributed by atoms with van der Waals surface area (Å²) < 4.78 is 129. The van der Waals surface area contributed by atoms with E-state index in [4.69, 9.17) is 8.37 Å². The molecule has 4 aromatic carbocycles. The molecule has 0 heterocycles. The Hall–Kier alpha value is -3.82. The number of aryl methyl sites for hydroxylation is 2. The maximum absolute atomic E-state index is 13.4. The molecule has 0 radical (unpaired) electrons. The van der Waals surface area contributed by atoms with Crippen LogP contribution in [0.3, 0.4) is 0 Å². The molecule has 49 heavy (non-hydrogen) atoms. The van der Waals surface area contributed by atoms with E-state index in [1.165, 1.54) is 48.5 Å². The van der Waals surface area contributed by atoms with E-state index in [-0.39, 0.29) is 27.5 Å². The maximum Gasteiger partial charge on any atom is 0.416 e. The van der Waals surface area contributed by atoms with Gasteiger partial charge in [-0.1, -0.05) is 59.7 Å². The quantitative estimate of drug-likeness (QED) is 0.148. The second-order valence-corrected chi connectivity index (χ2v) is 17.5. The molecule has 0 fully saturated rings. The largest absolute Gasteiger partial charge is 0.416 e. The molecule has 0 N–H and O–H groups in total. The fraction of sp³-hybridized carbons (Fsp3) is 0.257. The second kappa shape index (κ2) is 13.5. The predicted molar refractivity (Wildman–Crippen MR) is 178 cm³/mol. The predicted octanol–water partition coefficient (Wildman–Crippen LogP) is 7.23. The highest BCUT2D eigenvalue weighted by Gasteiger charge is 2.43. The lowest BCUT2D eigenvalue weighted by molar-refractivity contribution is -0.137. The fourth-order valence-electron chi connectivity index (χ4n) is 5.54. The number of hydrogen-bond donors (Lipinski definition) is 0. The van der Waals surface area contributed by atoms with Crippen LogP contribution < -0.4 is 0 Å². The Morgan fingerprint density at radius 3 is 1.27 bits per heavy atom. The highest BCUT2D eigenvalue weighted by molar-refractivity contribution is 7.90. The number of allylic oxidation sites excluding steroid dienone is 2. The van der Waals surface area contributed by atoms with E-state index in [2.05, 4.69) is 0 Å². The number of benzene rings is 4. The summed E-state index contributed by atoms with van der Waals surface area (Å²) in [5.41, 5.74) is 1.32. The van der Waals surface area contributed by atoms with Crippen LogP contribution in [0.4, 0.5) is 13.2 Å². The Kier molecular flexibility index (Phi) is 10.0. The number of hydrogen-bond acceptors (Lipinski definition) is 8. The lowest BCUT2D eigenvalue weighted by Crippen LogP contribution is -2.33. The van der Waals surface area contributed by atoms with Crippen molar-refractivity contribution in [3.05, 3.63) is 125 Å². The van der Waals surface area contributed by atoms with Gasteiger partial charge in [0.1, 0.15) is 0 Å². The van der Waals surface area contributed by atoms with Gasteiger partial charge < -0.3 is 0 Å². The van der Waals surface area contributed by atoms with E-state index < -0.39 is 60.4 Å². The smallest absolute Gasteiger partial charge is 0.266 e. The third-order valence-corrected chi connectivity index (χ3v) is 12.0. The molecule has 4 aromatic rings. The van der Waals surface area contributed by atoms with Gasteiger partial charge in [-0.15, -0.1) is 0 Å². The highest BCUT2D eigenvalue weighted by Crippen LogP contribution is 2.51. The van der Waals surface area contributed by atoms with Crippen molar-refractivity contribution in [1.29, 1.82) is 0 Å². The van der Waals surface area contributed by atoms with Gasteiger partial charge in [0.2, 0.25) is 0 Å². The molecule has 0 saturated heterocycles. The molecule has 0 amide bonds. The van der Waals surface area contributed by atoms with E-state index in [0.717, 1.165) is 29.5 Å². The standard InChI is InChI=1S/C35H33F3O8S3/c1-24-4-14-30(15-5-24)48(41,42)45-22-34(23-46-49(43,44)31-16-6-25(2)7-17-31)20-32(26-8-12-28(13-9-26)35(36,37)38)33(21-34)27-10-18-29(19-11-27)47(3,39)40/h4-19H,20-23H2,1-3H3. The molecule has 0 saturated carbocycles. The third kappa shape index (κ3) is 8.50. The zero-order valence-corrected chi connectivity index (χ0v) is 29.1. The maximum atomic E-state index is 13.4. The fourth-order valence-corrected chi connectivity index (χ4v) is 8.19. The number of rotatable bonds is 11. The van der Waals surface area contributed by atoms with Crippen molar-refractivity contribution in [2.45, 2.75) is 47.6 Å². The van der Waals surface area contributed by atoms with Gasteiger partial charge in [0.15, 0.2) is 9.84 Å². The van der Waals surface area contributed by atoms with Gasteiger partial charge in [-0.2, -0.15) is 30.0 Å². The lowest BCUT2D eigenvalue weighted by Gasteiger charge is -2.29. The molecule has 0 aromatic heterocycles. The van der Waals surface area contributed by atoms with Crippen LogP contribution in [-0.2, 0) is 44.6 Å². The summed E-state index contributed by atoms with van der Waals surface area (Å²) in [6.07, 6.45) is -3.61. The zero-order chi connectivity index (χ0) is 35.8. The first-order chi connectivity index (χ1) is 22.8. The Bertz CT molecular complexity index is 2110. The first-order valence-corrected chi connectivity index (χ1v) is 19.6. The average molecular weight is 735 g/mol. The minimum absolute atomic E-state index is 0.0194. The van der Waals surface area contributed by atoms with Crippen LogP contribution in [-0.4, -0.2) is 44.7 Å². The Morgan fingerprint density at radius 1 is 0.571 bits per heavy atom. The zero-order valence-electron chi connectivity index (χ0n) is 26.7. The highest BCUT2D eigenvalue weighted by atomic mass is 32.2. The molecule has 0 aliphatic heterocycles. The summed E-state index contributed by atoms with van der Waals surface area (Å²) in [6.45, 7) is 2.49. The monoisotopic (exact) mass is 734 g/mol. The molecule has 260 valence electrons. The summed E-state index contributed by atoms with van der Waals surface area (Å²) in [6, 6.07) is 22.2. The molecule has 14 heteroatoms. The number of sulfone groups is 1. The van der Waals surface area contributed by atoms with Crippen LogP contribution in [0.1, 0.15) is 40.7 Å². The van der Waals surface area contributed by atoms with Crippen molar-refractivity contribution in [1.82, 2.24) is 0 Å². The van der Waals surface area contributed by atoms with E-state index in [1.807, 2.05) is 0 Å². The first-order valence-electron chi connectivity index (χ1n) is 14.9. The molecule has 0 bridgehead atoms. The minimum atomic E-state index is -4.59. The van der Waals surface area contributed by atoms with E-state index in [0.29, 0.717) is 22.3 Å². The van der Waals surface area contributed by atoms with Crippen LogP contribution in [0.25, 0.3) is 11.1 Å². The van der Waals surface area contributed by atoms with Crippen molar-refractivity contribution in [2.75, 3.05) is 19.5 Å². The number of alkyl halides is 3. The summed E-state index contributed by atoms with van der Waals surface area (Å²) >= 11 is 0. The Morgan fingerprint density at radius 2 is 0.918 bits per heavy atom. The van der Waals surface area contributed by atoms with Crippen LogP contribution >= 0.6 is 0 Å². The SMILES string of the molecule is Cc1ccc(S(=O)(=O)OCC2(COS(=O)(=O)c3ccc(C)cc3)CC(c3ccc(C(F)(F)F)cc3)=C(c3ccc(S(C)(=O)=O)cc3)C2)cc1. The van der Waals surface area contributed by atoms with Crippen molar-refractivity contribution < 1.29 is 46.8 Å². The van der Waals surface area contributed by atoms with Crippen molar-refractivity contribution in [3.63, 3.8) is 0 Å². The summed E-state index contributed by atoms with van der Waals surface area (Å²) in [4.78, 5) is -0.198. The van der Waals surface area contributed by atoms with Crippen molar-refractivity contribution in [2.24, 2.45) is 5.41 Å². The minimum Gasteiger partial charge on any atom is -0.266 e. The molecular weight excluding hydrogens is 702 g/mol. The average Bonchev–Trinajstić information content (AvgIpc) is 3.43. The molecule has 0 atom stereocenters. The Balaban J connectivity index is 1.58. The van der Waals surface area contributed by atoms with Crippen molar-refractivity contribution in [3.8, 4) is 0 Å². The van der Waals surface area contributed by atoms with Gasteiger partial charge in [-0.05, 0) is 97.5 Å². The van der Waals surface area contributed by atoms with Crippen LogP contribution in [0.2, 0.25) is 0 Å². The van der Waals surface area contributed by atoms with Gasteiger partial charge in [0.25, 0.3) is 20.2 Å². The van der Waals surface area contributed by atoms with Crippen molar-refractivity contribution >= 4 is 41.2 Å². The number of halogens is 3. The molecule has 5 rings (SSSR count). The van der Waals surface area contributed by atoms with Crippen LogP contribution in [0.15, 0.2) is 112 Å². The van der Waals surface area contributed by atoms with Crippen LogP contribution in [0.5, 0.6) is 0 Å². The summed E-state index contributed by atoms with van der Waals surface area (Å²) in [5.74, 6) is 0. The van der Waals surface area contributed by atoms with Gasteiger partial charge in [-0.25, -0.2) is 8.42 Å². The van der Waals surface area contributed by atoms with E-state index >= 15 is 0 Å². The van der Waals surface area contributed by atoms with Gasteiger partial charge in [0, 0.05) is 11.7 Å². The topological polar surface area (TPSA) is 121 Å². The summed E-state index contributed by atoms with van der Waals surface area (Å²) in [7, 11) is -12.2. The second-order valence-electron chi connectivity index (χ2n) is 12.2. The third-order valence-electron chi connectivity index (χ3n) is 8.32. The molecular formula is C35H33F3O8S3. The lowest BCUT2D eigenvalue weighted by atomic mass is 9.84. The molecule has 1 aliphatic carbocycles. The molecule has 8 nitrogen and oxygen atoms in total. The van der Waals surface area contributed by atoms with Crippen LogP contribution in [0, 0.1) is 19.3 Å². The van der Waals surface area contributed by atoms with Gasteiger partial charge in [-0.3, -0.25) is 8.37 Å². The molecule has 0 spiro atoms. The summed E-state index contributed by atoms with van der Waals surface area (Å²) in [5, 5.41) is 0. The van der Waals surface area contributed by atoms with E-state index in [1.54, 1.807) is 50.2 Å². The Labute approximate surface area is 284 Å². The van der Waals surface area contributed by atoms with E-state index in [9.17, 15) is 38.4 Å². The normalized spacial score (nSPS) is 15.5.